The number of amides is 1. The molecular weight excluding hydrogens is 413 g/mol. The minimum Gasteiger partial charge on any atom is -0.390 e. The summed E-state index contributed by atoms with van der Waals surface area (Å²) < 4.78 is 46.6. The maximum absolute atomic E-state index is 13.8. The van der Waals surface area contributed by atoms with Crippen LogP contribution in [0.15, 0.2) is 6.20 Å². The molecule has 2 atom stereocenters. The van der Waals surface area contributed by atoms with Crippen molar-refractivity contribution in [2.75, 3.05) is 31.6 Å². The molecule has 31 heavy (non-hydrogen) atoms. The minimum absolute atomic E-state index is 0.0995. The molecule has 1 aromatic rings. The molecule has 5 aliphatic rings. The van der Waals surface area contributed by atoms with E-state index < -0.39 is 34.5 Å². The SMILES string of the molecule is O=C(c1cnc(NC23CCC4(O)CC(CC(C4)C2)C3)nc1C(F)(F)F)N1CCOCC1. The van der Waals surface area contributed by atoms with E-state index in [1.54, 1.807) is 0 Å². The molecule has 4 saturated carbocycles. The summed E-state index contributed by atoms with van der Waals surface area (Å²) in [6.45, 7) is 1.07. The van der Waals surface area contributed by atoms with Crippen LogP contribution in [0.25, 0.3) is 0 Å². The van der Waals surface area contributed by atoms with Crippen LogP contribution in [0.3, 0.4) is 0 Å². The minimum atomic E-state index is -4.77. The van der Waals surface area contributed by atoms with Crippen LogP contribution < -0.4 is 5.32 Å². The number of nitrogens with one attached hydrogen (secondary N) is 1. The Bertz CT molecular complexity index is 858. The van der Waals surface area contributed by atoms with Gasteiger partial charge in [0.15, 0.2) is 5.69 Å². The smallest absolute Gasteiger partial charge is 0.390 e. The number of aromatic nitrogens is 2. The Morgan fingerprint density at radius 2 is 1.84 bits per heavy atom. The molecule has 0 aromatic carbocycles. The maximum atomic E-state index is 13.8. The number of carbonyl (C=O) groups excluding carboxylic acids is 1. The second-order valence-electron chi connectivity index (χ2n) is 9.77. The standard InChI is InChI=1S/C21H27F3N4O3/c22-21(23,24)16-15(17(29)28-3-5-31-6-4-28)12-25-18(26-16)27-19-1-2-20(30)10-13(8-19)7-14(9-19)11-20/h12-14,30H,1-11H2,(H,25,26,27). The van der Waals surface area contributed by atoms with Crippen molar-refractivity contribution < 1.29 is 27.8 Å². The quantitative estimate of drug-likeness (QED) is 0.752. The van der Waals surface area contributed by atoms with E-state index in [-0.39, 0.29) is 19.0 Å². The van der Waals surface area contributed by atoms with E-state index in [4.69, 9.17) is 4.74 Å². The number of aliphatic hydroxyl groups is 1. The number of anilines is 1. The van der Waals surface area contributed by atoms with Gasteiger partial charge in [-0.05, 0) is 56.8 Å². The second kappa shape index (κ2) is 7.30. The molecule has 1 amide bonds. The molecular formula is C21H27F3N4O3. The summed E-state index contributed by atoms with van der Waals surface area (Å²) in [5.41, 5.74) is -2.80. The highest BCUT2D eigenvalue weighted by atomic mass is 19.4. The largest absolute Gasteiger partial charge is 0.434 e. The molecule has 1 saturated heterocycles. The van der Waals surface area contributed by atoms with Gasteiger partial charge >= 0.3 is 6.18 Å². The lowest BCUT2D eigenvalue weighted by molar-refractivity contribution is -0.141. The molecule has 170 valence electrons. The summed E-state index contributed by atoms with van der Waals surface area (Å²) in [5.74, 6) is -0.110. The van der Waals surface area contributed by atoms with Gasteiger partial charge in [-0.3, -0.25) is 4.79 Å². The Balaban J connectivity index is 1.43. The van der Waals surface area contributed by atoms with Crippen molar-refractivity contribution in [2.45, 2.75) is 62.3 Å². The topological polar surface area (TPSA) is 87.6 Å². The van der Waals surface area contributed by atoms with Crippen LogP contribution in [0.1, 0.15) is 61.0 Å². The molecule has 2 N–H and O–H groups in total. The van der Waals surface area contributed by atoms with Crippen molar-refractivity contribution in [3.63, 3.8) is 0 Å². The Hall–Kier alpha value is -1.94. The Labute approximate surface area is 178 Å². The fourth-order valence-electron chi connectivity index (χ4n) is 6.33. The number of morpholine rings is 1. The van der Waals surface area contributed by atoms with Crippen molar-refractivity contribution in [3.05, 3.63) is 17.5 Å². The summed E-state index contributed by atoms with van der Waals surface area (Å²) in [5, 5.41) is 14.1. The Kier molecular flexibility index (Phi) is 4.93. The van der Waals surface area contributed by atoms with Crippen molar-refractivity contribution >= 4 is 11.9 Å². The molecule has 1 aromatic heterocycles. The average Bonchev–Trinajstić information content (AvgIpc) is 2.87. The molecule has 0 radical (unpaired) electrons. The number of alkyl halides is 3. The number of rotatable bonds is 3. The molecule has 1 aliphatic heterocycles. The number of halogens is 3. The van der Waals surface area contributed by atoms with Gasteiger partial charge in [0.1, 0.15) is 0 Å². The van der Waals surface area contributed by atoms with Crippen LogP contribution in [0, 0.1) is 11.8 Å². The lowest BCUT2D eigenvalue weighted by Gasteiger charge is -2.47. The van der Waals surface area contributed by atoms with E-state index in [1.807, 2.05) is 0 Å². The number of fused-ring (bicyclic) bond motifs is 1. The lowest BCUT2D eigenvalue weighted by atomic mass is 9.64. The maximum Gasteiger partial charge on any atom is 0.434 e. The zero-order valence-electron chi connectivity index (χ0n) is 17.2. The molecule has 2 unspecified atom stereocenters. The van der Waals surface area contributed by atoms with Crippen LogP contribution in [-0.4, -0.2) is 63.3 Å². The first-order valence-corrected chi connectivity index (χ1v) is 11.0. The average molecular weight is 440 g/mol. The van der Waals surface area contributed by atoms with E-state index in [0.29, 0.717) is 37.9 Å². The van der Waals surface area contributed by atoms with Crippen molar-refractivity contribution in [1.82, 2.24) is 14.9 Å². The first-order valence-electron chi connectivity index (χ1n) is 11.0. The fraction of sp³-hybridized carbons (Fsp3) is 0.762. The van der Waals surface area contributed by atoms with Gasteiger partial charge in [0, 0.05) is 24.8 Å². The third-order valence-corrected chi connectivity index (χ3v) is 7.39. The molecule has 4 aliphatic carbocycles. The van der Waals surface area contributed by atoms with Gasteiger partial charge in [0.25, 0.3) is 5.91 Å². The van der Waals surface area contributed by atoms with Gasteiger partial charge in [-0.25, -0.2) is 9.97 Å². The van der Waals surface area contributed by atoms with E-state index in [1.165, 1.54) is 4.90 Å². The van der Waals surface area contributed by atoms with Crippen LogP contribution in [0.2, 0.25) is 0 Å². The van der Waals surface area contributed by atoms with E-state index in [9.17, 15) is 23.1 Å². The molecule has 6 rings (SSSR count). The second-order valence-corrected chi connectivity index (χ2v) is 9.77. The zero-order chi connectivity index (χ0) is 21.9. The zero-order valence-corrected chi connectivity index (χ0v) is 17.2. The van der Waals surface area contributed by atoms with Crippen molar-refractivity contribution in [1.29, 1.82) is 0 Å². The number of carbonyl (C=O) groups is 1. The fourth-order valence-corrected chi connectivity index (χ4v) is 6.33. The molecule has 0 spiro atoms. The van der Waals surface area contributed by atoms with Gasteiger partial charge in [0.2, 0.25) is 5.95 Å². The highest BCUT2D eigenvalue weighted by molar-refractivity contribution is 5.95. The molecule has 7 nitrogen and oxygen atoms in total. The molecule has 4 bridgehead atoms. The van der Waals surface area contributed by atoms with Gasteiger partial charge in [-0.2, -0.15) is 13.2 Å². The van der Waals surface area contributed by atoms with Gasteiger partial charge in [-0.15, -0.1) is 0 Å². The van der Waals surface area contributed by atoms with Crippen LogP contribution in [-0.2, 0) is 10.9 Å². The summed E-state index contributed by atoms with van der Waals surface area (Å²) in [6.07, 6.45) is 1.70. The van der Waals surface area contributed by atoms with Crippen molar-refractivity contribution in [3.8, 4) is 0 Å². The van der Waals surface area contributed by atoms with E-state index in [2.05, 4.69) is 15.3 Å². The summed E-state index contributed by atoms with van der Waals surface area (Å²) in [6, 6.07) is 0. The van der Waals surface area contributed by atoms with Crippen LogP contribution in [0.5, 0.6) is 0 Å². The highest BCUT2D eigenvalue weighted by Gasteiger charge is 2.53. The summed E-state index contributed by atoms with van der Waals surface area (Å²) in [7, 11) is 0. The first kappa shape index (κ1) is 20.9. The van der Waals surface area contributed by atoms with Crippen LogP contribution >= 0.6 is 0 Å². The third-order valence-electron chi connectivity index (χ3n) is 7.39. The van der Waals surface area contributed by atoms with Gasteiger partial charge in [0.05, 0.1) is 24.4 Å². The normalized spacial score (nSPS) is 35.2. The first-order chi connectivity index (χ1) is 14.6. The van der Waals surface area contributed by atoms with E-state index in [0.717, 1.165) is 38.3 Å². The van der Waals surface area contributed by atoms with E-state index >= 15 is 0 Å². The monoisotopic (exact) mass is 440 g/mol. The van der Waals surface area contributed by atoms with Gasteiger partial charge < -0.3 is 20.1 Å². The predicted octanol–water partition coefficient (Wildman–Crippen LogP) is 2.85. The number of hydrogen-bond acceptors (Lipinski definition) is 6. The predicted molar refractivity (Wildman–Crippen MR) is 104 cm³/mol. The lowest BCUT2D eigenvalue weighted by Crippen LogP contribution is -2.47. The Morgan fingerprint density at radius 3 is 2.48 bits per heavy atom. The van der Waals surface area contributed by atoms with Gasteiger partial charge in [-0.1, -0.05) is 0 Å². The molecule has 10 heteroatoms. The highest BCUT2D eigenvalue weighted by Crippen LogP contribution is 2.55. The number of nitrogens with zero attached hydrogens (tertiary/aromatic N) is 3. The van der Waals surface area contributed by atoms with Crippen molar-refractivity contribution in [2.24, 2.45) is 11.8 Å². The molecule has 2 heterocycles. The Morgan fingerprint density at radius 1 is 1.16 bits per heavy atom. The summed E-state index contributed by atoms with van der Waals surface area (Å²) >= 11 is 0. The summed E-state index contributed by atoms with van der Waals surface area (Å²) in [4.78, 5) is 22.0. The molecule has 5 fully saturated rings. The number of hydrogen-bond donors (Lipinski definition) is 2. The number of ether oxygens (including phenoxy) is 1. The van der Waals surface area contributed by atoms with Crippen LogP contribution in [0.4, 0.5) is 19.1 Å². The third kappa shape index (κ3) is 4.00.